The number of hydrogen-bond donors (Lipinski definition) is 1. The Bertz CT molecular complexity index is 554. The predicted octanol–water partition coefficient (Wildman–Crippen LogP) is 3.35. The van der Waals surface area contributed by atoms with Crippen LogP contribution in [0.5, 0.6) is 0 Å². The molecule has 0 radical (unpaired) electrons. The fourth-order valence-corrected chi connectivity index (χ4v) is 2.39. The van der Waals surface area contributed by atoms with Crippen LogP contribution in [0.2, 0.25) is 0 Å². The molecule has 0 amide bonds. The number of nitrogens with zero attached hydrogens (tertiary/aromatic N) is 1. The van der Waals surface area contributed by atoms with E-state index in [0.717, 1.165) is 13.0 Å². The normalized spacial score (nSPS) is 10.6. The molecule has 0 aliphatic carbocycles. The zero-order chi connectivity index (χ0) is 14.4. The first-order valence-corrected chi connectivity index (χ1v) is 7.02. The molecule has 2 rings (SSSR count). The molecular formula is C17H21FN2. The number of halogens is 1. The number of anilines is 1. The molecule has 0 bridgehead atoms. The van der Waals surface area contributed by atoms with Crippen molar-refractivity contribution in [2.24, 2.45) is 5.73 Å². The van der Waals surface area contributed by atoms with Crippen LogP contribution in [0.3, 0.4) is 0 Å². The molecule has 0 spiro atoms. The lowest BCUT2D eigenvalue weighted by Gasteiger charge is -2.25. The van der Waals surface area contributed by atoms with Gasteiger partial charge in [0, 0.05) is 13.1 Å². The van der Waals surface area contributed by atoms with Gasteiger partial charge in [-0.25, -0.2) is 4.39 Å². The molecule has 0 aliphatic rings. The molecule has 2 aromatic carbocycles. The molecule has 2 aromatic rings. The monoisotopic (exact) mass is 272 g/mol. The van der Waals surface area contributed by atoms with Crippen molar-refractivity contribution in [2.75, 3.05) is 18.0 Å². The van der Waals surface area contributed by atoms with Crippen LogP contribution in [0.25, 0.3) is 0 Å². The predicted molar refractivity (Wildman–Crippen MR) is 82.3 cm³/mol. The van der Waals surface area contributed by atoms with E-state index in [1.54, 1.807) is 6.07 Å². The molecule has 3 heteroatoms. The lowest BCUT2D eigenvalue weighted by molar-refractivity contribution is 0.617. The summed E-state index contributed by atoms with van der Waals surface area (Å²) in [6.45, 7) is 4.13. The summed E-state index contributed by atoms with van der Waals surface area (Å²) in [5, 5.41) is 0. The van der Waals surface area contributed by atoms with E-state index in [0.29, 0.717) is 18.8 Å². The molecule has 0 atom stereocenters. The maximum absolute atomic E-state index is 13.9. The number of para-hydroxylation sites is 1. The fraction of sp³-hybridized carbons (Fsp3) is 0.294. The summed E-state index contributed by atoms with van der Waals surface area (Å²) in [5.41, 5.74) is 8.76. The van der Waals surface area contributed by atoms with Crippen molar-refractivity contribution in [1.82, 2.24) is 0 Å². The molecule has 2 nitrogen and oxygen atoms in total. The van der Waals surface area contributed by atoms with Gasteiger partial charge >= 0.3 is 0 Å². The third kappa shape index (κ3) is 3.36. The molecule has 0 saturated carbocycles. The van der Waals surface area contributed by atoms with E-state index in [9.17, 15) is 4.39 Å². The van der Waals surface area contributed by atoms with Crippen LogP contribution < -0.4 is 10.6 Å². The second kappa shape index (κ2) is 7.06. The molecule has 0 aliphatic heterocycles. The van der Waals surface area contributed by atoms with Gasteiger partial charge in [0.05, 0.1) is 5.69 Å². The Labute approximate surface area is 120 Å². The van der Waals surface area contributed by atoms with E-state index in [2.05, 4.69) is 12.1 Å². The van der Waals surface area contributed by atoms with Crippen molar-refractivity contribution in [1.29, 1.82) is 0 Å². The zero-order valence-electron chi connectivity index (χ0n) is 11.8. The Balaban J connectivity index is 2.25. The van der Waals surface area contributed by atoms with Crippen LogP contribution in [0.15, 0.2) is 48.5 Å². The summed E-state index contributed by atoms with van der Waals surface area (Å²) in [5.74, 6) is -0.175. The molecule has 106 valence electrons. The Morgan fingerprint density at radius 3 is 2.30 bits per heavy atom. The molecule has 0 fully saturated rings. The average molecular weight is 272 g/mol. The molecule has 0 unspecified atom stereocenters. The summed E-state index contributed by atoms with van der Waals surface area (Å²) in [4.78, 5) is 2.05. The van der Waals surface area contributed by atoms with E-state index >= 15 is 0 Å². The van der Waals surface area contributed by atoms with Gasteiger partial charge in [-0.3, -0.25) is 0 Å². The number of rotatable bonds is 6. The minimum Gasteiger partial charge on any atom is -0.365 e. The van der Waals surface area contributed by atoms with Gasteiger partial charge in [0.2, 0.25) is 0 Å². The smallest absolute Gasteiger partial charge is 0.146 e. The van der Waals surface area contributed by atoms with E-state index in [1.165, 1.54) is 17.2 Å². The molecular weight excluding hydrogens is 251 g/mol. The minimum atomic E-state index is -0.175. The molecule has 0 saturated heterocycles. The van der Waals surface area contributed by atoms with Crippen LogP contribution in [-0.4, -0.2) is 13.1 Å². The Hall–Kier alpha value is -1.87. The first-order chi connectivity index (χ1) is 9.76. The van der Waals surface area contributed by atoms with Crippen molar-refractivity contribution in [3.63, 3.8) is 0 Å². The Morgan fingerprint density at radius 2 is 1.65 bits per heavy atom. The number of hydrogen-bond acceptors (Lipinski definition) is 2. The van der Waals surface area contributed by atoms with E-state index < -0.39 is 0 Å². The summed E-state index contributed by atoms with van der Waals surface area (Å²) < 4.78 is 13.9. The molecule has 0 heterocycles. The van der Waals surface area contributed by atoms with Crippen molar-refractivity contribution in [3.8, 4) is 0 Å². The van der Waals surface area contributed by atoms with Crippen molar-refractivity contribution < 1.29 is 4.39 Å². The van der Waals surface area contributed by atoms with Gasteiger partial charge in [0.15, 0.2) is 0 Å². The second-order valence-corrected chi connectivity index (χ2v) is 4.77. The van der Waals surface area contributed by atoms with Gasteiger partial charge in [-0.2, -0.15) is 0 Å². The SMILES string of the molecule is CCN(Cc1ccccc1CCN)c1ccccc1F. The first kappa shape index (κ1) is 14.5. The van der Waals surface area contributed by atoms with E-state index in [1.807, 2.05) is 36.1 Å². The summed E-state index contributed by atoms with van der Waals surface area (Å²) in [6.07, 6.45) is 0.852. The standard InChI is InChI=1S/C17H21FN2/c1-2-20(17-10-6-5-9-16(17)18)13-15-8-4-3-7-14(15)11-12-19/h3-10H,2,11-13,19H2,1H3. The van der Waals surface area contributed by atoms with Gasteiger partial charge in [-0.15, -0.1) is 0 Å². The van der Waals surface area contributed by atoms with Crippen LogP contribution in [0.1, 0.15) is 18.1 Å². The third-order valence-corrected chi connectivity index (χ3v) is 3.47. The van der Waals surface area contributed by atoms with Crippen LogP contribution >= 0.6 is 0 Å². The van der Waals surface area contributed by atoms with Crippen LogP contribution in [0, 0.1) is 5.82 Å². The highest BCUT2D eigenvalue weighted by Crippen LogP contribution is 2.22. The van der Waals surface area contributed by atoms with Crippen molar-refractivity contribution in [2.45, 2.75) is 19.9 Å². The third-order valence-electron chi connectivity index (χ3n) is 3.47. The van der Waals surface area contributed by atoms with E-state index in [-0.39, 0.29) is 5.82 Å². The maximum atomic E-state index is 13.9. The topological polar surface area (TPSA) is 29.3 Å². The van der Waals surface area contributed by atoms with Gasteiger partial charge in [0.25, 0.3) is 0 Å². The van der Waals surface area contributed by atoms with Crippen LogP contribution in [0.4, 0.5) is 10.1 Å². The summed E-state index contributed by atoms with van der Waals surface area (Å²) in [6, 6.07) is 15.1. The zero-order valence-corrected chi connectivity index (χ0v) is 11.8. The Morgan fingerprint density at radius 1 is 1.00 bits per heavy atom. The Kier molecular flexibility index (Phi) is 5.13. The van der Waals surface area contributed by atoms with Crippen molar-refractivity contribution >= 4 is 5.69 Å². The van der Waals surface area contributed by atoms with Gasteiger partial charge in [-0.1, -0.05) is 36.4 Å². The number of nitrogens with two attached hydrogens (primary N) is 1. The lowest BCUT2D eigenvalue weighted by atomic mass is 10.0. The quantitative estimate of drug-likeness (QED) is 0.873. The highest BCUT2D eigenvalue weighted by molar-refractivity contribution is 5.48. The second-order valence-electron chi connectivity index (χ2n) is 4.77. The van der Waals surface area contributed by atoms with Gasteiger partial charge in [-0.05, 0) is 43.1 Å². The first-order valence-electron chi connectivity index (χ1n) is 7.02. The highest BCUT2D eigenvalue weighted by atomic mass is 19.1. The van der Waals surface area contributed by atoms with Gasteiger partial charge in [0.1, 0.15) is 5.82 Å². The van der Waals surface area contributed by atoms with Crippen molar-refractivity contribution in [3.05, 3.63) is 65.5 Å². The summed E-state index contributed by atoms with van der Waals surface area (Å²) in [7, 11) is 0. The van der Waals surface area contributed by atoms with E-state index in [4.69, 9.17) is 5.73 Å². The fourth-order valence-electron chi connectivity index (χ4n) is 2.39. The molecule has 2 N–H and O–H groups in total. The highest BCUT2D eigenvalue weighted by Gasteiger charge is 2.11. The van der Waals surface area contributed by atoms with Gasteiger partial charge < -0.3 is 10.6 Å². The molecule has 20 heavy (non-hydrogen) atoms. The lowest BCUT2D eigenvalue weighted by Crippen LogP contribution is -2.24. The average Bonchev–Trinajstić information content (AvgIpc) is 2.47. The maximum Gasteiger partial charge on any atom is 0.146 e. The summed E-state index contributed by atoms with van der Waals surface area (Å²) >= 11 is 0. The minimum absolute atomic E-state index is 0.175. The molecule has 0 aromatic heterocycles. The largest absolute Gasteiger partial charge is 0.365 e. The van der Waals surface area contributed by atoms with Crippen LogP contribution in [-0.2, 0) is 13.0 Å². The number of benzene rings is 2.